The van der Waals surface area contributed by atoms with Crippen LogP contribution in [0.4, 0.5) is 0 Å². The van der Waals surface area contributed by atoms with Gasteiger partial charge in [0, 0.05) is 25.4 Å². The largest absolute Gasteiger partial charge is 0.506 e. The highest BCUT2D eigenvalue weighted by Gasteiger charge is 2.17. The monoisotopic (exact) mass is 729 g/mol. The summed E-state index contributed by atoms with van der Waals surface area (Å²) < 4.78 is 3.57. The predicted molar refractivity (Wildman–Crippen MR) is 157 cm³/mol. The van der Waals surface area contributed by atoms with E-state index < -0.39 is 0 Å². The molecule has 0 aliphatic carbocycles. The van der Waals surface area contributed by atoms with Gasteiger partial charge in [-0.2, -0.15) is 5.10 Å². The van der Waals surface area contributed by atoms with Crippen molar-refractivity contribution in [2.75, 3.05) is 5.75 Å². The SMILES string of the molecule is Cc1ccc(-c2nnc(SCC(=O)N/N=C/c3cc(I)cc(I)c3O)n2-c2ccc(Cl)cc2)cc1. The Hall–Kier alpha value is -2.16. The molecule has 0 aliphatic heterocycles. The fourth-order valence-electron chi connectivity index (χ4n) is 3.10. The highest BCUT2D eigenvalue weighted by atomic mass is 127. The number of amides is 1. The molecule has 0 bridgehead atoms. The summed E-state index contributed by atoms with van der Waals surface area (Å²) >= 11 is 11.5. The van der Waals surface area contributed by atoms with Gasteiger partial charge in [0.1, 0.15) is 5.75 Å². The number of benzene rings is 3. The van der Waals surface area contributed by atoms with Crippen molar-refractivity contribution in [3.05, 3.63) is 84.0 Å². The first-order valence-electron chi connectivity index (χ1n) is 10.2. The Kier molecular flexibility index (Phi) is 8.68. The van der Waals surface area contributed by atoms with Gasteiger partial charge in [-0.25, -0.2) is 5.43 Å². The number of hydrazone groups is 1. The van der Waals surface area contributed by atoms with Crippen molar-refractivity contribution in [3.63, 3.8) is 0 Å². The van der Waals surface area contributed by atoms with Gasteiger partial charge in [0.25, 0.3) is 5.91 Å². The van der Waals surface area contributed by atoms with Gasteiger partial charge < -0.3 is 5.11 Å². The van der Waals surface area contributed by atoms with Crippen LogP contribution in [-0.4, -0.2) is 37.7 Å². The van der Waals surface area contributed by atoms with E-state index in [0.717, 1.165) is 20.4 Å². The number of hydrogen-bond donors (Lipinski definition) is 2. The minimum absolute atomic E-state index is 0.0762. The quantitative estimate of drug-likeness (QED) is 0.105. The third kappa shape index (κ3) is 6.54. The third-order valence-corrected chi connectivity index (χ3v) is 7.44. The van der Waals surface area contributed by atoms with E-state index in [9.17, 15) is 9.90 Å². The second-order valence-corrected chi connectivity index (χ2v) is 11.2. The van der Waals surface area contributed by atoms with E-state index in [1.54, 1.807) is 18.2 Å². The first kappa shape index (κ1) is 25.9. The number of nitrogens with zero attached hydrogens (tertiary/aromatic N) is 4. The van der Waals surface area contributed by atoms with Crippen molar-refractivity contribution in [1.29, 1.82) is 0 Å². The number of aryl methyl sites for hydroxylation is 1. The molecule has 3 aromatic carbocycles. The lowest BCUT2D eigenvalue weighted by atomic mass is 10.1. The predicted octanol–water partition coefficient (Wildman–Crippen LogP) is 6.05. The second-order valence-electron chi connectivity index (χ2n) is 7.39. The van der Waals surface area contributed by atoms with Crippen molar-refractivity contribution < 1.29 is 9.90 Å². The van der Waals surface area contributed by atoms with E-state index >= 15 is 0 Å². The van der Waals surface area contributed by atoms with Gasteiger partial charge in [-0.3, -0.25) is 9.36 Å². The van der Waals surface area contributed by atoms with Crippen LogP contribution in [0.2, 0.25) is 5.02 Å². The number of carbonyl (C=O) groups is 1. The number of phenolic OH excluding ortho intramolecular Hbond substituents is 1. The van der Waals surface area contributed by atoms with Gasteiger partial charge in [0.2, 0.25) is 0 Å². The molecule has 0 saturated carbocycles. The Morgan fingerprint density at radius 3 is 2.57 bits per heavy atom. The average Bonchev–Trinajstić information content (AvgIpc) is 3.25. The molecular weight excluding hydrogens is 712 g/mol. The van der Waals surface area contributed by atoms with Gasteiger partial charge in [-0.05, 0) is 88.5 Å². The number of phenols is 1. The number of thioether (sulfide) groups is 1. The molecule has 11 heteroatoms. The lowest BCUT2D eigenvalue weighted by Crippen LogP contribution is -2.20. The molecule has 4 rings (SSSR count). The molecule has 0 unspecified atom stereocenters. The third-order valence-electron chi connectivity index (χ3n) is 4.81. The van der Waals surface area contributed by atoms with E-state index in [1.807, 2.05) is 76.5 Å². The summed E-state index contributed by atoms with van der Waals surface area (Å²) in [6.07, 6.45) is 1.42. The van der Waals surface area contributed by atoms with Crippen molar-refractivity contribution in [3.8, 4) is 22.8 Å². The molecule has 2 N–H and O–H groups in total. The van der Waals surface area contributed by atoms with E-state index in [-0.39, 0.29) is 17.4 Å². The lowest BCUT2D eigenvalue weighted by molar-refractivity contribution is -0.118. The van der Waals surface area contributed by atoms with E-state index in [1.165, 1.54) is 18.0 Å². The van der Waals surface area contributed by atoms with Gasteiger partial charge >= 0.3 is 0 Å². The summed E-state index contributed by atoms with van der Waals surface area (Å²) in [6, 6.07) is 19.0. The Balaban J connectivity index is 1.51. The number of nitrogens with one attached hydrogen (secondary N) is 1. The molecule has 0 atom stereocenters. The van der Waals surface area contributed by atoms with E-state index in [4.69, 9.17) is 11.6 Å². The fraction of sp³-hybridized carbons (Fsp3) is 0.0833. The maximum Gasteiger partial charge on any atom is 0.250 e. The van der Waals surface area contributed by atoms with Crippen LogP contribution < -0.4 is 5.43 Å². The minimum atomic E-state index is -0.311. The lowest BCUT2D eigenvalue weighted by Gasteiger charge is -2.10. The van der Waals surface area contributed by atoms with Crippen LogP contribution in [0.1, 0.15) is 11.1 Å². The van der Waals surface area contributed by atoms with Gasteiger partial charge in [-0.15, -0.1) is 10.2 Å². The fourth-order valence-corrected chi connectivity index (χ4v) is 5.86. The second kappa shape index (κ2) is 11.7. The van der Waals surface area contributed by atoms with Gasteiger partial charge in [-0.1, -0.05) is 53.2 Å². The highest BCUT2D eigenvalue weighted by Crippen LogP contribution is 2.29. The van der Waals surface area contributed by atoms with Crippen molar-refractivity contribution >= 4 is 80.7 Å². The van der Waals surface area contributed by atoms with Crippen LogP contribution in [0, 0.1) is 14.1 Å². The Labute approximate surface area is 238 Å². The number of halogens is 3. The van der Waals surface area contributed by atoms with Crippen LogP contribution in [0.5, 0.6) is 5.75 Å². The van der Waals surface area contributed by atoms with Crippen LogP contribution in [0.25, 0.3) is 17.1 Å². The summed E-state index contributed by atoms with van der Waals surface area (Å²) in [5.74, 6) is 0.552. The molecule has 0 spiro atoms. The minimum Gasteiger partial charge on any atom is -0.506 e. The molecule has 1 aromatic heterocycles. The zero-order valence-electron chi connectivity index (χ0n) is 18.2. The van der Waals surface area contributed by atoms with Crippen LogP contribution in [0.3, 0.4) is 0 Å². The van der Waals surface area contributed by atoms with Crippen LogP contribution in [-0.2, 0) is 4.79 Å². The Morgan fingerprint density at radius 2 is 1.86 bits per heavy atom. The Bertz CT molecular complexity index is 1390. The summed E-state index contributed by atoms with van der Waals surface area (Å²) in [6.45, 7) is 2.02. The van der Waals surface area contributed by atoms with Crippen LogP contribution >= 0.6 is 68.5 Å². The molecule has 178 valence electrons. The molecule has 35 heavy (non-hydrogen) atoms. The molecule has 0 aliphatic rings. The van der Waals surface area contributed by atoms with E-state index in [0.29, 0.717) is 25.1 Å². The molecule has 0 fully saturated rings. The van der Waals surface area contributed by atoms with Crippen molar-refractivity contribution in [2.45, 2.75) is 12.1 Å². The maximum atomic E-state index is 12.4. The van der Waals surface area contributed by atoms with Crippen LogP contribution in [0.15, 0.2) is 70.9 Å². The number of hydrogen-bond acceptors (Lipinski definition) is 6. The topological polar surface area (TPSA) is 92.4 Å². The summed E-state index contributed by atoms with van der Waals surface area (Å²) in [7, 11) is 0. The zero-order valence-corrected chi connectivity index (χ0v) is 24.1. The highest BCUT2D eigenvalue weighted by molar-refractivity contribution is 14.1. The Morgan fingerprint density at radius 1 is 1.14 bits per heavy atom. The first-order valence-corrected chi connectivity index (χ1v) is 13.7. The van der Waals surface area contributed by atoms with Gasteiger partial charge in [0.05, 0.1) is 15.5 Å². The molecule has 1 heterocycles. The number of aromatic nitrogens is 3. The smallest absolute Gasteiger partial charge is 0.250 e. The average molecular weight is 730 g/mol. The number of carbonyl (C=O) groups excluding carboxylic acids is 1. The summed E-state index contributed by atoms with van der Waals surface area (Å²) in [4.78, 5) is 12.4. The zero-order chi connectivity index (χ0) is 24.9. The summed E-state index contributed by atoms with van der Waals surface area (Å²) in [5, 5.41) is 24.1. The first-order chi connectivity index (χ1) is 16.8. The molecule has 1 amide bonds. The normalized spacial score (nSPS) is 11.2. The van der Waals surface area contributed by atoms with Crippen molar-refractivity contribution in [2.24, 2.45) is 5.10 Å². The molecule has 0 radical (unpaired) electrons. The standard InChI is InChI=1S/C24H18ClI2N5O2S/c1-14-2-4-15(5-3-14)23-30-31-24(32(23)19-8-6-17(25)7-9-19)35-13-21(33)29-28-12-16-10-18(26)11-20(27)22(16)34/h2-12,34H,13H2,1H3,(H,29,33)/b28-12+. The molecule has 0 saturated heterocycles. The molecule has 4 aromatic rings. The molecular formula is C24H18ClI2N5O2S. The number of rotatable bonds is 7. The summed E-state index contributed by atoms with van der Waals surface area (Å²) in [5.41, 5.74) is 5.91. The molecule has 7 nitrogen and oxygen atoms in total. The maximum absolute atomic E-state index is 12.4. The number of aromatic hydroxyl groups is 1. The van der Waals surface area contributed by atoms with Crippen molar-refractivity contribution in [1.82, 2.24) is 20.2 Å². The van der Waals surface area contributed by atoms with E-state index in [2.05, 4.69) is 43.3 Å². The van der Waals surface area contributed by atoms with Gasteiger partial charge in [0.15, 0.2) is 11.0 Å².